The van der Waals surface area contributed by atoms with Gasteiger partial charge in [0.25, 0.3) is 0 Å². The van der Waals surface area contributed by atoms with E-state index in [-0.39, 0.29) is 17.9 Å². The number of anilines is 1. The number of methoxy groups -OCH3 is 1. The summed E-state index contributed by atoms with van der Waals surface area (Å²) in [6, 6.07) is 11.5. The molecule has 32 heavy (non-hydrogen) atoms. The number of benzene rings is 1. The van der Waals surface area contributed by atoms with Crippen molar-refractivity contribution in [3.63, 3.8) is 0 Å². The number of likely N-dealkylation sites (tertiary alicyclic amines) is 2. The zero-order chi connectivity index (χ0) is 22.6. The molecule has 2 fully saturated rings. The van der Waals surface area contributed by atoms with Gasteiger partial charge in [-0.15, -0.1) is 0 Å². The third-order valence-corrected chi connectivity index (χ3v) is 7.04. The van der Waals surface area contributed by atoms with Crippen LogP contribution in [0.4, 0.5) is 5.69 Å². The number of nitrogens with zero attached hydrogens (tertiary/aromatic N) is 3. The van der Waals surface area contributed by atoms with Gasteiger partial charge in [-0.1, -0.05) is 19.1 Å². The fraction of sp³-hybridized carbons (Fsp3) is 0.480. The predicted molar refractivity (Wildman–Crippen MR) is 123 cm³/mol. The second-order valence-corrected chi connectivity index (χ2v) is 8.69. The van der Waals surface area contributed by atoms with Gasteiger partial charge in [-0.3, -0.25) is 19.5 Å². The van der Waals surface area contributed by atoms with Crippen LogP contribution in [0.3, 0.4) is 0 Å². The smallest absolute Gasteiger partial charge is 0.232 e. The van der Waals surface area contributed by atoms with Crippen molar-refractivity contribution in [1.29, 1.82) is 0 Å². The number of pyridine rings is 1. The number of carbonyl (C=O) groups is 2. The first-order valence-electron chi connectivity index (χ1n) is 11.4. The zero-order valence-corrected chi connectivity index (χ0v) is 18.9. The second kappa shape index (κ2) is 9.69. The highest BCUT2D eigenvalue weighted by Crippen LogP contribution is 2.44. The number of aromatic nitrogens is 1. The lowest BCUT2D eigenvalue weighted by atomic mass is 9.75. The molecule has 7 nitrogen and oxygen atoms in total. The third kappa shape index (κ3) is 4.48. The van der Waals surface area contributed by atoms with Gasteiger partial charge < -0.3 is 15.0 Å². The fourth-order valence-electron chi connectivity index (χ4n) is 5.26. The molecule has 170 valence electrons. The van der Waals surface area contributed by atoms with E-state index in [2.05, 4.69) is 22.1 Å². The maximum atomic E-state index is 13.5. The molecule has 1 aromatic carbocycles. The maximum Gasteiger partial charge on any atom is 0.232 e. The summed E-state index contributed by atoms with van der Waals surface area (Å²) >= 11 is 0. The summed E-state index contributed by atoms with van der Waals surface area (Å²) < 4.78 is 5.29. The largest absolute Gasteiger partial charge is 0.497 e. The van der Waals surface area contributed by atoms with Crippen molar-refractivity contribution in [3.05, 3.63) is 54.4 Å². The van der Waals surface area contributed by atoms with E-state index < -0.39 is 5.41 Å². The SMILES string of the molecule is CCN1CC[C@@]2(C(=O)Nc3cccnc3)CCN(C(=O)Cc3cccc(OC)c3)CC[C@@H]12. The number of rotatable bonds is 6. The van der Waals surface area contributed by atoms with Gasteiger partial charge in [0.1, 0.15) is 5.75 Å². The van der Waals surface area contributed by atoms with Gasteiger partial charge in [-0.2, -0.15) is 0 Å². The van der Waals surface area contributed by atoms with Crippen LogP contribution < -0.4 is 10.1 Å². The van der Waals surface area contributed by atoms with Gasteiger partial charge >= 0.3 is 0 Å². The Morgan fingerprint density at radius 3 is 2.78 bits per heavy atom. The molecule has 2 aliphatic heterocycles. The standard InChI is InChI=1S/C25H32N4O3/c1-3-28-14-10-25(24(31)27-20-7-5-12-26-18-20)11-15-29(13-9-22(25)28)23(30)17-19-6-4-8-21(16-19)32-2/h4-8,12,16,18,22H,3,9-11,13-15,17H2,1-2H3,(H,27,31)/t22-,25-/m1/s1. The van der Waals surface area contributed by atoms with E-state index >= 15 is 0 Å². The van der Waals surface area contributed by atoms with E-state index in [1.54, 1.807) is 19.5 Å². The van der Waals surface area contributed by atoms with Gasteiger partial charge in [0.2, 0.25) is 11.8 Å². The summed E-state index contributed by atoms with van der Waals surface area (Å²) in [5.74, 6) is 0.906. The minimum atomic E-state index is -0.489. The number of amides is 2. The molecule has 0 unspecified atom stereocenters. The van der Waals surface area contributed by atoms with Crippen molar-refractivity contribution in [2.24, 2.45) is 5.41 Å². The van der Waals surface area contributed by atoms with Crippen LogP contribution in [-0.2, 0) is 16.0 Å². The first kappa shape index (κ1) is 22.3. The lowest BCUT2D eigenvalue weighted by molar-refractivity contribution is -0.131. The molecule has 1 N–H and O–H groups in total. The molecular formula is C25H32N4O3. The fourth-order valence-corrected chi connectivity index (χ4v) is 5.26. The summed E-state index contributed by atoms with van der Waals surface area (Å²) in [5.41, 5.74) is 1.17. The van der Waals surface area contributed by atoms with Crippen LogP contribution >= 0.6 is 0 Å². The predicted octanol–water partition coefficient (Wildman–Crippen LogP) is 2.97. The van der Waals surface area contributed by atoms with E-state index in [0.29, 0.717) is 25.9 Å². The molecule has 0 aliphatic carbocycles. The Bertz CT molecular complexity index is 951. The van der Waals surface area contributed by atoms with Crippen LogP contribution in [-0.4, -0.2) is 65.9 Å². The van der Waals surface area contributed by atoms with Gasteiger partial charge in [-0.25, -0.2) is 0 Å². The van der Waals surface area contributed by atoms with E-state index in [4.69, 9.17) is 4.74 Å². The van der Waals surface area contributed by atoms with Crippen molar-refractivity contribution in [2.75, 3.05) is 38.6 Å². The van der Waals surface area contributed by atoms with Gasteiger partial charge in [-0.05, 0) is 62.2 Å². The molecule has 2 aromatic rings. The van der Waals surface area contributed by atoms with Crippen molar-refractivity contribution >= 4 is 17.5 Å². The number of nitrogens with one attached hydrogen (secondary N) is 1. The molecule has 0 spiro atoms. The first-order chi connectivity index (χ1) is 15.6. The normalized spacial score (nSPS) is 23.3. The van der Waals surface area contributed by atoms with Crippen LogP contribution in [0.25, 0.3) is 0 Å². The van der Waals surface area contributed by atoms with Crippen LogP contribution in [0.2, 0.25) is 0 Å². The number of carbonyl (C=O) groups excluding carboxylic acids is 2. The highest BCUT2D eigenvalue weighted by atomic mass is 16.5. The lowest BCUT2D eigenvalue weighted by Gasteiger charge is -2.35. The zero-order valence-electron chi connectivity index (χ0n) is 18.9. The molecule has 1 aromatic heterocycles. The topological polar surface area (TPSA) is 74.8 Å². The van der Waals surface area contributed by atoms with Crippen molar-refractivity contribution < 1.29 is 14.3 Å². The van der Waals surface area contributed by atoms with Crippen molar-refractivity contribution in [3.8, 4) is 5.75 Å². The Hall–Kier alpha value is -2.93. The van der Waals surface area contributed by atoms with E-state index in [1.807, 2.05) is 41.3 Å². The van der Waals surface area contributed by atoms with E-state index in [1.165, 1.54) is 0 Å². The third-order valence-electron chi connectivity index (χ3n) is 7.04. The van der Waals surface area contributed by atoms with Gasteiger partial charge in [0.15, 0.2) is 0 Å². The molecule has 0 radical (unpaired) electrons. The first-order valence-corrected chi connectivity index (χ1v) is 11.4. The van der Waals surface area contributed by atoms with E-state index in [0.717, 1.165) is 42.9 Å². The van der Waals surface area contributed by atoms with Crippen LogP contribution in [0.5, 0.6) is 5.75 Å². The Labute approximate surface area is 189 Å². The Morgan fingerprint density at radius 1 is 1.19 bits per heavy atom. The summed E-state index contributed by atoms with van der Waals surface area (Å²) in [4.78, 5) is 35.1. The molecule has 2 saturated heterocycles. The molecule has 0 saturated carbocycles. The Balaban J connectivity index is 1.50. The maximum absolute atomic E-state index is 13.5. The van der Waals surface area contributed by atoms with Crippen molar-refractivity contribution in [1.82, 2.24) is 14.8 Å². The monoisotopic (exact) mass is 436 g/mol. The van der Waals surface area contributed by atoms with Crippen LogP contribution in [0.1, 0.15) is 31.7 Å². The Kier molecular flexibility index (Phi) is 6.74. The Morgan fingerprint density at radius 2 is 2.03 bits per heavy atom. The molecule has 0 bridgehead atoms. The van der Waals surface area contributed by atoms with Crippen LogP contribution in [0.15, 0.2) is 48.8 Å². The average molecular weight is 437 g/mol. The molecule has 4 rings (SSSR count). The number of fused-ring (bicyclic) bond motifs is 1. The molecule has 7 heteroatoms. The molecule has 3 heterocycles. The number of hydrogen-bond acceptors (Lipinski definition) is 5. The van der Waals surface area contributed by atoms with Gasteiger partial charge in [0, 0.05) is 25.3 Å². The highest BCUT2D eigenvalue weighted by Gasteiger charge is 2.53. The van der Waals surface area contributed by atoms with Gasteiger partial charge in [0.05, 0.1) is 30.8 Å². The summed E-state index contributed by atoms with van der Waals surface area (Å²) in [7, 11) is 1.63. The average Bonchev–Trinajstić information content (AvgIpc) is 3.06. The summed E-state index contributed by atoms with van der Waals surface area (Å²) in [6.07, 6.45) is 6.01. The van der Waals surface area contributed by atoms with Crippen molar-refractivity contribution in [2.45, 2.75) is 38.6 Å². The minimum Gasteiger partial charge on any atom is -0.497 e. The lowest BCUT2D eigenvalue weighted by Crippen LogP contribution is -2.47. The molecule has 2 aliphatic rings. The molecule has 2 atom stereocenters. The van der Waals surface area contributed by atoms with E-state index in [9.17, 15) is 9.59 Å². The molecule has 2 amide bonds. The van der Waals surface area contributed by atoms with Crippen LogP contribution in [0, 0.1) is 5.41 Å². The second-order valence-electron chi connectivity index (χ2n) is 8.69. The summed E-state index contributed by atoms with van der Waals surface area (Å²) in [6.45, 7) is 5.23. The molecular weight excluding hydrogens is 404 g/mol. The summed E-state index contributed by atoms with van der Waals surface area (Å²) in [5, 5.41) is 3.10. The highest BCUT2D eigenvalue weighted by molar-refractivity contribution is 5.96. The quantitative estimate of drug-likeness (QED) is 0.754. The number of hydrogen-bond donors (Lipinski definition) is 1. The minimum absolute atomic E-state index is 0.0496. The number of ether oxygens (including phenoxy) is 1.